The quantitative estimate of drug-likeness (QED) is 0.664. The molecular formula is C13H25F3N2O2. The highest BCUT2D eigenvalue weighted by Gasteiger charge is 2.34. The van der Waals surface area contributed by atoms with Crippen LogP contribution in [0, 0.1) is 5.92 Å². The molecule has 2 N–H and O–H groups in total. The van der Waals surface area contributed by atoms with Gasteiger partial charge in [-0.25, -0.2) is 0 Å². The average Bonchev–Trinajstić information content (AvgIpc) is 2.29. The minimum Gasteiger partial charge on any atom is -0.382 e. The fourth-order valence-corrected chi connectivity index (χ4v) is 1.83. The molecule has 0 spiro atoms. The molecule has 0 aromatic carbocycles. The van der Waals surface area contributed by atoms with E-state index in [0.717, 1.165) is 4.90 Å². The van der Waals surface area contributed by atoms with E-state index in [1.165, 1.54) is 0 Å². The van der Waals surface area contributed by atoms with Crippen molar-refractivity contribution in [3.05, 3.63) is 0 Å². The molecule has 0 aliphatic rings. The van der Waals surface area contributed by atoms with Crippen LogP contribution in [-0.4, -0.2) is 49.3 Å². The molecule has 0 saturated carbocycles. The van der Waals surface area contributed by atoms with Crippen LogP contribution >= 0.6 is 0 Å². The van der Waals surface area contributed by atoms with Crippen molar-refractivity contribution in [1.29, 1.82) is 0 Å². The van der Waals surface area contributed by atoms with Crippen LogP contribution in [0.1, 0.15) is 33.6 Å². The van der Waals surface area contributed by atoms with Gasteiger partial charge in [0, 0.05) is 19.8 Å². The average molecular weight is 298 g/mol. The van der Waals surface area contributed by atoms with E-state index in [9.17, 15) is 18.0 Å². The number of nitrogens with zero attached hydrogens (tertiary/aromatic N) is 1. The third-order valence-corrected chi connectivity index (χ3v) is 2.65. The van der Waals surface area contributed by atoms with Crippen LogP contribution in [0.3, 0.4) is 0 Å². The molecule has 7 heteroatoms. The first-order chi connectivity index (χ1) is 9.17. The van der Waals surface area contributed by atoms with Gasteiger partial charge in [-0.15, -0.1) is 0 Å². The normalized spacial score (nSPS) is 13.6. The number of carbonyl (C=O) groups is 1. The largest absolute Gasteiger partial charge is 0.406 e. The molecule has 0 rings (SSSR count). The second-order valence-electron chi connectivity index (χ2n) is 5.16. The SMILES string of the molecule is CCOCCCN(CC(F)(F)F)C(=O)[C@@H](N)CC(C)C. The van der Waals surface area contributed by atoms with Crippen LogP contribution in [0.5, 0.6) is 0 Å². The van der Waals surface area contributed by atoms with Crippen molar-refractivity contribution in [2.45, 2.75) is 45.8 Å². The third kappa shape index (κ3) is 9.14. The maximum atomic E-state index is 12.5. The fourth-order valence-electron chi connectivity index (χ4n) is 1.83. The van der Waals surface area contributed by atoms with Gasteiger partial charge in [0.05, 0.1) is 6.04 Å². The molecule has 0 aromatic rings. The van der Waals surface area contributed by atoms with Gasteiger partial charge in [0.2, 0.25) is 5.91 Å². The monoisotopic (exact) mass is 298 g/mol. The molecule has 0 aromatic heterocycles. The van der Waals surface area contributed by atoms with E-state index >= 15 is 0 Å². The van der Waals surface area contributed by atoms with Crippen LogP contribution in [0.2, 0.25) is 0 Å². The maximum Gasteiger partial charge on any atom is 0.406 e. The highest BCUT2D eigenvalue weighted by Crippen LogP contribution is 2.18. The molecule has 1 atom stereocenters. The zero-order chi connectivity index (χ0) is 15.8. The Balaban J connectivity index is 4.53. The van der Waals surface area contributed by atoms with Crippen molar-refractivity contribution in [1.82, 2.24) is 4.90 Å². The van der Waals surface area contributed by atoms with Gasteiger partial charge in [-0.05, 0) is 25.7 Å². The minimum atomic E-state index is -4.42. The lowest BCUT2D eigenvalue weighted by atomic mass is 10.0. The van der Waals surface area contributed by atoms with Crippen LogP contribution in [0.15, 0.2) is 0 Å². The maximum absolute atomic E-state index is 12.5. The van der Waals surface area contributed by atoms with E-state index in [0.29, 0.717) is 26.1 Å². The summed E-state index contributed by atoms with van der Waals surface area (Å²) in [7, 11) is 0. The molecule has 0 radical (unpaired) electrons. The predicted molar refractivity (Wildman–Crippen MR) is 71.2 cm³/mol. The molecule has 4 nitrogen and oxygen atoms in total. The van der Waals surface area contributed by atoms with E-state index in [4.69, 9.17) is 10.5 Å². The number of nitrogens with two attached hydrogens (primary N) is 1. The third-order valence-electron chi connectivity index (χ3n) is 2.65. The molecule has 120 valence electrons. The molecular weight excluding hydrogens is 273 g/mol. The van der Waals surface area contributed by atoms with Gasteiger partial charge in [0.1, 0.15) is 6.54 Å². The Kier molecular flexibility index (Phi) is 8.80. The van der Waals surface area contributed by atoms with E-state index in [2.05, 4.69) is 0 Å². The topological polar surface area (TPSA) is 55.6 Å². The van der Waals surface area contributed by atoms with Crippen molar-refractivity contribution in [3.63, 3.8) is 0 Å². The summed E-state index contributed by atoms with van der Waals surface area (Å²) in [5.74, 6) is -0.488. The molecule has 1 amide bonds. The molecule has 0 bridgehead atoms. The number of carbonyl (C=O) groups excluding carboxylic acids is 1. The number of amides is 1. The van der Waals surface area contributed by atoms with Crippen molar-refractivity contribution in [2.75, 3.05) is 26.3 Å². The van der Waals surface area contributed by atoms with Crippen molar-refractivity contribution in [2.24, 2.45) is 11.7 Å². The summed E-state index contributed by atoms with van der Waals surface area (Å²) in [6, 6.07) is -0.885. The Morgan fingerprint density at radius 3 is 2.40 bits per heavy atom. The number of hydrogen-bond acceptors (Lipinski definition) is 3. The first-order valence-electron chi connectivity index (χ1n) is 6.86. The van der Waals surface area contributed by atoms with Crippen LogP contribution in [0.25, 0.3) is 0 Å². The Bertz CT molecular complexity index is 283. The fraction of sp³-hybridized carbons (Fsp3) is 0.923. The van der Waals surface area contributed by atoms with Gasteiger partial charge in [-0.1, -0.05) is 13.8 Å². The highest BCUT2D eigenvalue weighted by atomic mass is 19.4. The second kappa shape index (κ2) is 9.18. The summed E-state index contributed by atoms with van der Waals surface area (Å²) < 4.78 is 42.6. The van der Waals surface area contributed by atoms with Crippen molar-refractivity contribution >= 4 is 5.91 Å². The standard InChI is InChI=1S/C13H25F3N2O2/c1-4-20-7-5-6-18(9-13(14,15)16)12(19)11(17)8-10(2)3/h10-11H,4-9,17H2,1-3H3/t11-/m0/s1. The minimum absolute atomic E-state index is 0.00411. The zero-order valence-corrected chi connectivity index (χ0v) is 12.4. The van der Waals surface area contributed by atoms with E-state index < -0.39 is 24.7 Å². The van der Waals surface area contributed by atoms with Gasteiger partial charge in [0.25, 0.3) is 0 Å². The first-order valence-corrected chi connectivity index (χ1v) is 6.86. The van der Waals surface area contributed by atoms with E-state index in [1.807, 2.05) is 13.8 Å². The smallest absolute Gasteiger partial charge is 0.382 e. The Morgan fingerprint density at radius 1 is 1.35 bits per heavy atom. The Hall–Kier alpha value is -0.820. The lowest BCUT2D eigenvalue weighted by Gasteiger charge is -2.27. The van der Waals surface area contributed by atoms with Crippen molar-refractivity contribution < 1.29 is 22.7 Å². The lowest BCUT2D eigenvalue weighted by molar-refractivity contribution is -0.162. The number of ether oxygens (including phenoxy) is 1. The molecule has 0 unspecified atom stereocenters. The molecule has 0 fully saturated rings. The summed E-state index contributed by atoms with van der Waals surface area (Å²) in [5, 5.41) is 0. The molecule has 20 heavy (non-hydrogen) atoms. The second-order valence-corrected chi connectivity index (χ2v) is 5.16. The number of hydrogen-bond donors (Lipinski definition) is 1. The Labute approximate surface area is 118 Å². The summed E-state index contributed by atoms with van der Waals surface area (Å²) in [5.41, 5.74) is 5.68. The summed E-state index contributed by atoms with van der Waals surface area (Å²) in [4.78, 5) is 12.8. The van der Waals surface area contributed by atoms with Crippen LogP contribution in [-0.2, 0) is 9.53 Å². The Morgan fingerprint density at radius 2 is 1.95 bits per heavy atom. The number of halogens is 3. The number of alkyl halides is 3. The van der Waals surface area contributed by atoms with Gasteiger partial charge >= 0.3 is 6.18 Å². The number of rotatable bonds is 9. The van der Waals surface area contributed by atoms with Crippen molar-refractivity contribution in [3.8, 4) is 0 Å². The van der Waals surface area contributed by atoms with Gasteiger partial charge in [-0.3, -0.25) is 4.79 Å². The molecule has 0 aliphatic carbocycles. The summed E-state index contributed by atoms with van der Waals surface area (Å²) >= 11 is 0. The molecule has 0 saturated heterocycles. The summed E-state index contributed by atoms with van der Waals surface area (Å²) in [6.07, 6.45) is -3.68. The molecule has 0 heterocycles. The lowest BCUT2D eigenvalue weighted by Crippen LogP contribution is -2.48. The van der Waals surface area contributed by atoms with Crippen LogP contribution < -0.4 is 5.73 Å². The van der Waals surface area contributed by atoms with Gasteiger partial charge in [0.15, 0.2) is 0 Å². The van der Waals surface area contributed by atoms with Gasteiger partial charge < -0.3 is 15.4 Å². The van der Waals surface area contributed by atoms with E-state index in [-0.39, 0.29) is 12.5 Å². The zero-order valence-electron chi connectivity index (χ0n) is 12.4. The molecule has 0 aliphatic heterocycles. The highest BCUT2D eigenvalue weighted by molar-refractivity contribution is 5.81. The summed E-state index contributed by atoms with van der Waals surface area (Å²) in [6.45, 7) is 5.12. The van der Waals surface area contributed by atoms with Gasteiger partial charge in [-0.2, -0.15) is 13.2 Å². The van der Waals surface area contributed by atoms with Crippen LogP contribution in [0.4, 0.5) is 13.2 Å². The predicted octanol–water partition coefficient (Wildman–Crippen LogP) is 2.18. The first kappa shape index (κ1) is 19.2. The van der Waals surface area contributed by atoms with E-state index in [1.54, 1.807) is 6.92 Å².